The number of halogens is 1. The highest BCUT2D eigenvalue weighted by Gasteiger charge is 2.67. The van der Waals surface area contributed by atoms with Crippen LogP contribution in [0.4, 0.5) is 9.18 Å². The number of nitrogens with one attached hydrogen (secondary N) is 1. The van der Waals surface area contributed by atoms with Crippen LogP contribution in [-0.4, -0.2) is 58.5 Å². The highest BCUT2D eigenvalue weighted by molar-refractivity contribution is 5.98. The lowest BCUT2D eigenvalue weighted by Crippen LogP contribution is -2.56. The van der Waals surface area contributed by atoms with Crippen molar-refractivity contribution in [3.8, 4) is 17.2 Å². The molecule has 2 heterocycles. The van der Waals surface area contributed by atoms with Crippen LogP contribution < -0.4 is 5.32 Å². The number of piperidine rings is 1. The Morgan fingerprint density at radius 3 is 2.55 bits per heavy atom. The molecule has 0 spiro atoms. The number of likely N-dealkylation sites (tertiary alicyclic amines) is 1. The van der Waals surface area contributed by atoms with Crippen molar-refractivity contribution >= 4 is 17.9 Å². The highest BCUT2D eigenvalue weighted by Crippen LogP contribution is 2.63. The Bertz CT molecular complexity index is 1460. The number of benzene rings is 2. The molecule has 3 amide bonds. The second-order valence-electron chi connectivity index (χ2n) is 12.6. The third-order valence-electron chi connectivity index (χ3n) is 8.76. The van der Waals surface area contributed by atoms with E-state index in [2.05, 4.69) is 11.4 Å². The Labute approximate surface area is 233 Å². The average Bonchev–Trinajstić information content (AvgIpc) is 3.39. The molecule has 2 aromatic carbocycles. The minimum absolute atomic E-state index is 0.00283. The summed E-state index contributed by atoms with van der Waals surface area (Å²) in [4.78, 5) is 41.9. The van der Waals surface area contributed by atoms with Crippen LogP contribution in [0.3, 0.4) is 0 Å². The fourth-order valence-corrected chi connectivity index (χ4v) is 6.92. The van der Waals surface area contributed by atoms with Gasteiger partial charge >= 0.3 is 6.09 Å². The monoisotopic (exact) mass is 544 g/mol. The van der Waals surface area contributed by atoms with E-state index in [4.69, 9.17) is 4.74 Å². The number of ether oxygens (including phenoxy) is 1. The van der Waals surface area contributed by atoms with E-state index < -0.39 is 29.6 Å². The Morgan fingerprint density at radius 1 is 1.12 bits per heavy atom. The van der Waals surface area contributed by atoms with Gasteiger partial charge in [-0.05, 0) is 91.8 Å². The maximum Gasteiger partial charge on any atom is 0.411 e. The maximum absolute atomic E-state index is 15.2. The lowest BCUT2D eigenvalue weighted by atomic mass is 9.95. The fraction of sp³-hybridized carbons (Fsp3) is 0.484. The van der Waals surface area contributed by atoms with E-state index in [9.17, 15) is 19.6 Å². The van der Waals surface area contributed by atoms with E-state index in [1.807, 2.05) is 6.07 Å². The molecule has 9 heteroatoms. The normalized spacial score (nSPS) is 26.7. The van der Waals surface area contributed by atoms with Crippen LogP contribution in [0.15, 0.2) is 36.4 Å². The molecule has 2 bridgehead atoms. The first-order chi connectivity index (χ1) is 18.9. The summed E-state index contributed by atoms with van der Waals surface area (Å²) in [6.45, 7) is 5.90. The first-order valence-corrected chi connectivity index (χ1v) is 13.8. The second-order valence-corrected chi connectivity index (χ2v) is 12.6. The van der Waals surface area contributed by atoms with Crippen LogP contribution in [0.5, 0.6) is 0 Å². The Balaban J connectivity index is 1.15. The van der Waals surface area contributed by atoms with Crippen molar-refractivity contribution in [1.29, 1.82) is 5.26 Å². The van der Waals surface area contributed by atoms with Crippen LogP contribution in [0.2, 0.25) is 0 Å². The van der Waals surface area contributed by atoms with Crippen molar-refractivity contribution in [2.24, 2.45) is 17.8 Å². The van der Waals surface area contributed by atoms with E-state index in [1.165, 1.54) is 6.07 Å². The predicted molar refractivity (Wildman–Crippen MR) is 144 cm³/mol. The number of carbonyl (C=O) groups is 3. The largest absolute Gasteiger partial charge is 0.444 e. The van der Waals surface area contributed by atoms with Gasteiger partial charge < -0.3 is 15.0 Å². The topological polar surface area (TPSA) is 103 Å². The van der Waals surface area contributed by atoms with Crippen molar-refractivity contribution in [3.63, 3.8) is 0 Å². The molecule has 1 N–H and O–H groups in total. The van der Waals surface area contributed by atoms with Crippen molar-refractivity contribution in [1.82, 2.24) is 15.1 Å². The highest BCUT2D eigenvalue weighted by atomic mass is 19.1. The molecule has 8 nitrogen and oxygen atoms in total. The van der Waals surface area contributed by atoms with Crippen molar-refractivity contribution < 1.29 is 23.5 Å². The molecular formula is C31H33FN4O4. The van der Waals surface area contributed by atoms with Crippen LogP contribution in [0.1, 0.15) is 55.1 Å². The summed E-state index contributed by atoms with van der Waals surface area (Å²) in [5.74, 6) is 0.0297. The van der Waals surface area contributed by atoms with Gasteiger partial charge in [0.15, 0.2) is 0 Å². The zero-order valence-corrected chi connectivity index (χ0v) is 23.1. The summed E-state index contributed by atoms with van der Waals surface area (Å²) in [7, 11) is 1.75. The van der Waals surface area contributed by atoms with Gasteiger partial charge in [0.25, 0.3) is 5.91 Å². The second kappa shape index (κ2) is 9.33. The molecule has 2 aromatic rings. The van der Waals surface area contributed by atoms with Gasteiger partial charge in [0.2, 0.25) is 5.91 Å². The van der Waals surface area contributed by atoms with Crippen LogP contribution >= 0.6 is 0 Å². The third kappa shape index (κ3) is 4.49. The van der Waals surface area contributed by atoms with Crippen molar-refractivity contribution in [3.05, 3.63) is 58.9 Å². The minimum Gasteiger partial charge on any atom is -0.444 e. The molecule has 0 aromatic heterocycles. The number of fused-ring (bicyclic) bond motifs is 6. The van der Waals surface area contributed by atoms with Gasteiger partial charge in [-0.3, -0.25) is 14.5 Å². The zero-order valence-electron chi connectivity index (χ0n) is 23.1. The van der Waals surface area contributed by atoms with Gasteiger partial charge in [-0.25, -0.2) is 9.18 Å². The molecular weight excluding hydrogens is 511 g/mol. The molecule has 0 radical (unpaired) electrons. The predicted octanol–water partition coefficient (Wildman–Crippen LogP) is 4.27. The summed E-state index contributed by atoms with van der Waals surface area (Å²) < 4.78 is 20.8. The molecule has 2 aliphatic heterocycles. The molecule has 208 valence electrons. The first kappa shape index (κ1) is 26.3. The summed E-state index contributed by atoms with van der Waals surface area (Å²) in [6, 6.07) is 10.7. The molecule has 2 aliphatic carbocycles. The molecule has 2 saturated carbocycles. The quantitative estimate of drug-likeness (QED) is 0.606. The van der Waals surface area contributed by atoms with Crippen molar-refractivity contribution in [2.45, 2.75) is 70.3 Å². The fourth-order valence-electron chi connectivity index (χ4n) is 6.92. The lowest BCUT2D eigenvalue weighted by Gasteiger charge is -2.35. The SMILES string of the molecule is CN1Cc2cc(-c3ccc(C[C@@H](C#N)NC(=O)[C@@H]4[C@@H]5C[C@@H]([C@H]6C[C@@H]56)N4C(=O)OC(C)(C)C)c(F)c3)ccc2C1=O. The van der Waals surface area contributed by atoms with Crippen molar-refractivity contribution in [2.75, 3.05) is 7.05 Å². The number of carbonyl (C=O) groups excluding carboxylic acids is 3. The van der Waals surface area contributed by atoms with Gasteiger partial charge in [-0.1, -0.05) is 18.2 Å². The van der Waals surface area contributed by atoms with Gasteiger partial charge in [-0.15, -0.1) is 0 Å². The standard InChI is InChI=1S/C31H33FN4O4/c1-31(2,3)40-30(39)36-26-13-24(22-12-23(22)26)27(36)28(37)34-20(14-33)10-18-6-5-17(11-25(18)32)16-7-8-21-19(9-16)15-35(4)29(21)38/h5-9,11,20,22-24,26-27H,10,12-13,15H2,1-4H3,(H,34,37)/t20-,22+,23-,24+,26-,27-/m0/s1. The minimum atomic E-state index is -0.955. The summed E-state index contributed by atoms with van der Waals surface area (Å²) in [5, 5.41) is 12.6. The number of hydrogen-bond acceptors (Lipinski definition) is 5. The molecule has 6 rings (SSSR count). The molecule has 1 saturated heterocycles. The van der Waals surface area contributed by atoms with Gasteiger partial charge in [0, 0.05) is 31.6 Å². The van der Waals surface area contributed by atoms with E-state index >= 15 is 4.39 Å². The first-order valence-electron chi connectivity index (χ1n) is 13.8. The number of hydrogen-bond donors (Lipinski definition) is 1. The number of nitrogens with zero attached hydrogens (tertiary/aromatic N) is 3. The average molecular weight is 545 g/mol. The van der Waals surface area contributed by atoms with E-state index in [1.54, 1.807) is 61.9 Å². The Kier molecular flexibility index (Phi) is 6.13. The summed E-state index contributed by atoms with van der Waals surface area (Å²) in [6.07, 6.45) is 1.28. The van der Waals surface area contributed by atoms with Crippen LogP contribution in [0.25, 0.3) is 11.1 Å². The number of amides is 3. The number of rotatable bonds is 5. The zero-order chi connectivity index (χ0) is 28.5. The third-order valence-corrected chi connectivity index (χ3v) is 8.76. The molecule has 40 heavy (non-hydrogen) atoms. The van der Waals surface area contributed by atoms with Crippen LogP contribution in [0, 0.1) is 34.9 Å². The van der Waals surface area contributed by atoms with Crippen LogP contribution in [-0.2, 0) is 22.5 Å². The molecule has 3 fully saturated rings. The Morgan fingerprint density at radius 2 is 1.85 bits per heavy atom. The molecule has 4 aliphatic rings. The maximum atomic E-state index is 15.2. The smallest absolute Gasteiger partial charge is 0.411 e. The van der Waals surface area contributed by atoms with E-state index in [0.29, 0.717) is 35.1 Å². The number of nitriles is 1. The molecule has 0 unspecified atom stereocenters. The Hall–Kier alpha value is -3.93. The summed E-state index contributed by atoms with van der Waals surface area (Å²) >= 11 is 0. The van der Waals surface area contributed by atoms with E-state index in [0.717, 1.165) is 24.0 Å². The summed E-state index contributed by atoms with van der Waals surface area (Å²) in [5.41, 5.74) is 2.65. The van der Waals surface area contributed by atoms with Gasteiger partial charge in [0.05, 0.1) is 6.07 Å². The van der Waals surface area contributed by atoms with Gasteiger partial charge in [0.1, 0.15) is 23.5 Å². The van der Waals surface area contributed by atoms with E-state index in [-0.39, 0.29) is 30.2 Å². The molecule has 6 atom stereocenters. The lowest BCUT2D eigenvalue weighted by molar-refractivity contribution is -0.128. The van der Waals surface area contributed by atoms with Gasteiger partial charge in [-0.2, -0.15) is 5.26 Å².